The fourth-order valence-corrected chi connectivity index (χ4v) is 2.56. The van der Waals surface area contributed by atoms with Crippen LogP contribution in [0.25, 0.3) is 0 Å². The fraction of sp³-hybridized carbons (Fsp3) is 0.0526. The molecule has 0 unspecified atom stereocenters. The summed E-state index contributed by atoms with van der Waals surface area (Å²) >= 11 is 2.26. The van der Waals surface area contributed by atoms with Gasteiger partial charge in [-0.1, -0.05) is 12.1 Å². The van der Waals surface area contributed by atoms with Gasteiger partial charge in [-0.15, -0.1) is 0 Å². The molecule has 0 saturated heterocycles. The van der Waals surface area contributed by atoms with Crippen LogP contribution in [0.3, 0.4) is 0 Å². The van der Waals surface area contributed by atoms with Gasteiger partial charge < -0.3 is 4.74 Å². The van der Waals surface area contributed by atoms with Crippen molar-refractivity contribution in [2.45, 2.75) is 6.61 Å². The SMILES string of the molecule is O=[N+]([O-])c1cccnc1NN=Cc1ccc(OCc2ccc(I)cc2)cc1. The number of hydrogen-bond acceptors (Lipinski definition) is 6. The number of ether oxygens (including phenoxy) is 1. The molecular weight excluding hydrogens is 459 g/mol. The minimum Gasteiger partial charge on any atom is -0.489 e. The van der Waals surface area contributed by atoms with E-state index in [-0.39, 0.29) is 11.5 Å². The lowest BCUT2D eigenvalue weighted by Crippen LogP contribution is -1.99. The number of anilines is 1. The van der Waals surface area contributed by atoms with Crippen molar-refractivity contribution in [2.75, 3.05) is 5.43 Å². The third-order valence-corrected chi connectivity index (χ3v) is 4.29. The van der Waals surface area contributed by atoms with E-state index in [0.29, 0.717) is 6.61 Å². The predicted molar refractivity (Wildman–Crippen MR) is 112 cm³/mol. The lowest BCUT2D eigenvalue weighted by atomic mass is 10.2. The van der Waals surface area contributed by atoms with E-state index in [1.807, 2.05) is 48.5 Å². The van der Waals surface area contributed by atoms with E-state index in [1.165, 1.54) is 21.9 Å². The van der Waals surface area contributed by atoms with E-state index in [4.69, 9.17) is 4.74 Å². The van der Waals surface area contributed by atoms with Crippen LogP contribution in [0.2, 0.25) is 0 Å². The normalized spacial score (nSPS) is 10.7. The van der Waals surface area contributed by atoms with Crippen LogP contribution < -0.4 is 10.2 Å². The van der Waals surface area contributed by atoms with Crippen LogP contribution in [0.5, 0.6) is 5.75 Å². The van der Waals surface area contributed by atoms with Crippen LogP contribution >= 0.6 is 22.6 Å². The highest BCUT2D eigenvalue weighted by atomic mass is 127. The lowest BCUT2D eigenvalue weighted by molar-refractivity contribution is -0.384. The summed E-state index contributed by atoms with van der Waals surface area (Å²) in [6.45, 7) is 0.495. The minimum absolute atomic E-state index is 0.0937. The molecule has 8 heteroatoms. The summed E-state index contributed by atoms with van der Waals surface area (Å²) in [7, 11) is 0. The second-order valence-electron chi connectivity index (χ2n) is 5.48. The second-order valence-corrected chi connectivity index (χ2v) is 6.73. The van der Waals surface area contributed by atoms with Crippen molar-refractivity contribution in [2.24, 2.45) is 5.10 Å². The van der Waals surface area contributed by atoms with Crippen LogP contribution in [0.1, 0.15) is 11.1 Å². The average Bonchev–Trinajstić information content (AvgIpc) is 2.69. The molecule has 1 heterocycles. The Bertz CT molecular complexity index is 944. The molecule has 3 rings (SSSR count). The summed E-state index contributed by atoms with van der Waals surface area (Å²) in [6.07, 6.45) is 3.02. The molecular formula is C19H15IN4O3. The number of aromatic nitrogens is 1. The summed E-state index contributed by atoms with van der Waals surface area (Å²) in [5.74, 6) is 0.843. The molecule has 27 heavy (non-hydrogen) atoms. The Hall–Kier alpha value is -3.01. The zero-order valence-corrected chi connectivity index (χ0v) is 16.2. The van der Waals surface area contributed by atoms with Crippen LogP contribution in [0.4, 0.5) is 11.5 Å². The van der Waals surface area contributed by atoms with Crippen LogP contribution in [0, 0.1) is 13.7 Å². The number of nitrogens with one attached hydrogen (secondary N) is 1. The van der Waals surface area contributed by atoms with Gasteiger partial charge >= 0.3 is 5.69 Å². The zero-order valence-electron chi connectivity index (χ0n) is 14.1. The Morgan fingerprint density at radius 2 is 1.89 bits per heavy atom. The Morgan fingerprint density at radius 3 is 2.59 bits per heavy atom. The number of rotatable bonds is 7. The summed E-state index contributed by atoms with van der Waals surface area (Å²) in [4.78, 5) is 14.3. The van der Waals surface area contributed by atoms with Gasteiger partial charge in [-0.3, -0.25) is 15.5 Å². The zero-order chi connectivity index (χ0) is 19.1. The monoisotopic (exact) mass is 474 g/mol. The molecule has 0 saturated carbocycles. The first-order chi connectivity index (χ1) is 13.1. The van der Waals surface area contributed by atoms with Gasteiger partial charge in [-0.2, -0.15) is 5.10 Å². The molecule has 2 aromatic carbocycles. The lowest BCUT2D eigenvalue weighted by Gasteiger charge is -2.06. The van der Waals surface area contributed by atoms with E-state index >= 15 is 0 Å². The van der Waals surface area contributed by atoms with Crippen molar-refractivity contribution in [3.63, 3.8) is 0 Å². The van der Waals surface area contributed by atoms with Crippen molar-refractivity contribution in [3.05, 3.63) is 91.7 Å². The summed E-state index contributed by atoms with van der Waals surface area (Å²) in [5.41, 5.74) is 4.38. The Balaban J connectivity index is 1.56. The molecule has 0 aliphatic carbocycles. The number of nitrogens with zero attached hydrogens (tertiary/aromatic N) is 3. The molecule has 1 aromatic heterocycles. The highest BCUT2D eigenvalue weighted by Gasteiger charge is 2.12. The topological polar surface area (TPSA) is 89.7 Å². The predicted octanol–water partition coefficient (Wildman–Crippen LogP) is 4.62. The summed E-state index contributed by atoms with van der Waals surface area (Å²) < 4.78 is 6.94. The van der Waals surface area contributed by atoms with E-state index in [9.17, 15) is 10.1 Å². The van der Waals surface area contributed by atoms with Crippen LogP contribution in [0.15, 0.2) is 72.0 Å². The maximum atomic E-state index is 10.9. The van der Waals surface area contributed by atoms with Crippen LogP contribution in [-0.2, 0) is 6.61 Å². The molecule has 0 aliphatic heterocycles. The smallest absolute Gasteiger partial charge is 0.313 e. The van der Waals surface area contributed by atoms with E-state index in [2.05, 4.69) is 38.1 Å². The third kappa shape index (κ3) is 5.48. The number of nitro groups is 1. The minimum atomic E-state index is -0.509. The number of hydrogen-bond donors (Lipinski definition) is 1. The first kappa shape index (κ1) is 18.8. The van der Waals surface area contributed by atoms with Crippen molar-refractivity contribution in [1.29, 1.82) is 0 Å². The van der Waals surface area contributed by atoms with Crippen LogP contribution in [-0.4, -0.2) is 16.1 Å². The fourth-order valence-electron chi connectivity index (χ4n) is 2.20. The second kappa shape index (κ2) is 9.08. The van der Waals surface area contributed by atoms with Crippen molar-refractivity contribution in [1.82, 2.24) is 4.98 Å². The van der Waals surface area contributed by atoms with Gasteiger partial charge in [-0.05, 0) is 76.2 Å². The first-order valence-electron chi connectivity index (χ1n) is 7.97. The Kier molecular flexibility index (Phi) is 6.31. The number of benzene rings is 2. The largest absolute Gasteiger partial charge is 0.489 e. The maximum Gasteiger partial charge on any atom is 0.313 e. The molecule has 0 fully saturated rings. The molecule has 7 nitrogen and oxygen atoms in total. The maximum absolute atomic E-state index is 10.9. The van der Waals surface area contributed by atoms with Gasteiger partial charge in [0.05, 0.1) is 11.1 Å². The van der Waals surface area contributed by atoms with Gasteiger partial charge in [0.1, 0.15) is 12.4 Å². The van der Waals surface area contributed by atoms with Crippen molar-refractivity contribution >= 4 is 40.3 Å². The third-order valence-electron chi connectivity index (χ3n) is 3.57. The quantitative estimate of drug-likeness (QED) is 0.234. The van der Waals surface area contributed by atoms with Gasteiger partial charge in [0.2, 0.25) is 5.82 Å². The Labute approximate surface area is 169 Å². The summed E-state index contributed by atoms with van der Waals surface area (Å²) in [5, 5.41) is 14.9. The molecule has 0 radical (unpaired) electrons. The average molecular weight is 474 g/mol. The number of pyridine rings is 1. The highest BCUT2D eigenvalue weighted by Crippen LogP contribution is 2.20. The number of hydrazone groups is 1. The molecule has 0 bridgehead atoms. The van der Waals surface area contributed by atoms with E-state index in [0.717, 1.165) is 16.9 Å². The molecule has 0 amide bonds. The van der Waals surface area contributed by atoms with Gasteiger partial charge in [0, 0.05) is 15.8 Å². The van der Waals surface area contributed by atoms with Gasteiger partial charge in [-0.25, -0.2) is 4.98 Å². The standard InChI is InChI=1S/C19H15IN4O3/c20-16-7-3-15(4-8-16)13-27-17-9-5-14(6-10-17)12-22-23-19-18(24(25)26)2-1-11-21-19/h1-12H,13H2,(H,21,23). The molecule has 3 aromatic rings. The molecule has 0 aliphatic rings. The van der Waals surface area contributed by atoms with Crippen molar-refractivity contribution < 1.29 is 9.66 Å². The van der Waals surface area contributed by atoms with Crippen molar-refractivity contribution in [3.8, 4) is 5.75 Å². The van der Waals surface area contributed by atoms with Gasteiger partial charge in [0.25, 0.3) is 0 Å². The molecule has 136 valence electrons. The van der Waals surface area contributed by atoms with Gasteiger partial charge in [0.15, 0.2) is 0 Å². The highest BCUT2D eigenvalue weighted by molar-refractivity contribution is 14.1. The molecule has 0 spiro atoms. The number of halogens is 1. The Morgan fingerprint density at radius 1 is 1.15 bits per heavy atom. The molecule has 1 N–H and O–H groups in total. The van der Waals surface area contributed by atoms with E-state index < -0.39 is 4.92 Å². The van der Waals surface area contributed by atoms with E-state index in [1.54, 1.807) is 6.21 Å². The summed E-state index contributed by atoms with van der Waals surface area (Å²) in [6, 6.07) is 18.4. The molecule has 0 atom stereocenters. The first-order valence-corrected chi connectivity index (χ1v) is 9.05.